The summed E-state index contributed by atoms with van der Waals surface area (Å²) in [6.07, 6.45) is 0. The zero-order chi connectivity index (χ0) is 24.2. The second-order valence-electron chi connectivity index (χ2n) is 8.47. The Morgan fingerprint density at radius 1 is 0.824 bits per heavy atom. The van der Waals surface area contributed by atoms with E-state index < -0.39 is 5.91 Å². The van der Waals surface area contributed by atoms with Crippen LogP contribution in [0.5, 0.6) is 0 Å². The molecule has 0 aromatic heterocycles. The highest BCUT2D eigenvalue weighted by Gasteiger charge is 2.36. The van der Waals surface area contributed by atoms with E-state index >= 15 is 0 Å². The van der Waals surface area contributed by atoms with Crippen molar-refractivity contribution in [1.82, 2.24) is 10.2 Å². The van der Waals surface area contributed by atoms with E-state index in [2.05, 4.69) is 10.6 Å². The number of rotatable bonds is 7. The Morgan fingerprint density at radius 2 is 1.53 bits per heavy atom. The summed E-state index contributed by atoms with van der Waals surface area (Å²) in [5.41, 5.74) is 3.15. The standard InChI is InChI=1S/C27H25N3O4/c1-17(2)24(31)29-21-10-6-9-19(13-21)15-28-25(32)20-11-12-22-23(14-20)27(34)30(26(22)33)16-18-7-4-3-5-8-18/h3-14,17H,15-16H2,1-2H3,(H,28,32)(H,29,31). The Morgan fingerprint density at radius 3 is 2.26 bits per heavy atom. The van der Waals surface area contributed by atoms with Crippen molar-refractivity contribution in [3.05, 3.63) is 101 Å². The molecule has 34 heavy (non-hydrogen) atoms. The molecule has 1 aliphatic heterocycles. The molecule has 0 spiro atoms. The molecule has 7 nitrogen and oxygen atoms in total. The Labute approximate surface area is 197 Å². The van der Waals surface area contributed by atoms with Gasteiger partial charge in [-0.05, 0) is 41.5 Å². The van der Waals surface area contributed by atoms with Gasteiger partial charge in [0, 0.05) is 23.7 Å². The normalized spacial score (nSPS) is 12.6. The van der Waals surface area contributed by atoms with Crippen LogP contribution in [-0.4, -0.2) is 28.5 Å². The second-order valence-corrected chi connectivity index (χ2v) is 8.47. The monoisotopic (exact) mass is 455 g/mol. The molecule has 2 N–H and O–H groups in total. The molecule has 0 unspecified atom stereocenters. The van der Waals surface area contributed by atoms with Gasteiger partial charge in [-0.25, -0.2) is 0 Å². The van der Waals surface area contributed by atoms with Crippen molar-refractivity contribution in [2.45, 2.75) is 26.9 Å². The molecule has 0 radical (unpaired) electrons. The highest BCUT2D eigenvalue weighted by molar-refractivity contribution is 6.22. The summed E-state index contributed by atoms with van der Waals surface area (Å²) in [5.74, 6) is -1.36. The van der Waals surface area contributed by atoms with E-state index in [0.717, 1.165) is 11.1 Å². The predicted molar refractivity (Wildman–Crippen MR) is 128 cm³/mol. The fourth-order valence-electron chi connectivity index (χ4n) is 3.67. The lowest BCUT2D eigenvalue weighted by atomic mass is 10.1. The summed E-state index contributed by atoms with van der Waals surface area (Å²) >= 11 is 0. The number of benzene rings is 3. The molecule has 4 rings (SSSR count). The number of nitrogens with one attached hydrogen (secondary N) is 2. The average molecular weight is 456 g/mol. The summed E-state index contributed by atoms with van der Waals surface area (Å²) in [6, 6.07) is 21.1. The first-order chi connectivity index (χ1) is 16.3. The fourth-order valence-corrected chi connectivity index (χ4v) is 3.67. The third kappa shape index (κ3) is 4.88. The van der Waals surface area contributed by atoms with Crippen molar-refractivity contribution < 1.29 is 19.2 Å². The van der Waals surface area contributed by atoms with Gasteiger partial charge in [-0.15, -0.1) is 0 Å². The smallest absolute Gasteiger partial charge is 0.261 e. The molecule has 0 aliphatic carbocycles. The summed E-state index contributed by atoms with van der Waals surface area (Å²) < 4.78 is 0. The molecule has 172 valence electrons. The van der Waals surface area contributed by atoms with E-state index in [4.69, 9.17) is 0 Å². The van der Waals surface area contributed by atoms with Crippen LogP contribution in [0.2, 0.25) is 0 Å². The maximum absolute atomic E-state index is 12.9. The number of hydrogen-bond acceptors (Lipinski definition) is 4. The van der Waals surface area contributed by atoms with Crippen molar-refractivity contribution in [3.8, 4) is 0 Å². The number of fused-ring (bicyclic) bond motifs is 1. The molecule has 0 atom stereocenters. The molecule has 4 amide bonds. The minimum absolute atomic E-state index is 0.0835. The fraction of sp³-hybridized carbons (Fsp3) is 0.185. The van der Waals surface area contributed by atoms with Gasteiger partial charge in [0.05, 0.1) is 17.7 Å². The lowest BCUT2D eigenvalue weighted by Gasteiger charge is -2.13. The molecule has 1 aliphatic rings. The number of amides is 4. The number of anilines is 1. The third-order valence-electron chi connectivity index (χ3n) is 5.59. The van der Waals surface area contributed by atoms with Gasteiger partial charge in [-0.2, -0.15) is 0 Å². The first kappa shape index (κ1) is 22.9. The van der Waals surface area contributed by atoms with Crippen LogP contribution in [0.25, 0.3) is 0 Å². The molecule has 0 saturated heterocycles. The molecule has 7 heteroatoms. The van der Waals surface area contributed by atoms with Gasteiger partial charge in [0.1, 0.15) is 0 Å². The molecule has 0 fully saturated rings. The Bertz CT molecular complexity index is 1270. The summed E-state index contributed by atoms with van der Waals surface area (Å²) in [7, 11) is 0. The van der Waals surface area contributed by atoms with Crippen molar-refractivity contribution in [2.24, 2.45) is 5.92 Å². The lowest BCUT2D eigenvalue weighted by molar-refractivity contribution is -0.118. The maximum atomic E-state index is 12.9. The number of carbonyl (C=O) groups is 4. The molecular weight excluding hydrogens is 430 g/mol. The van der Waals surface area contributed by atoms with E-state index in [1.165, 1.54) is 17.0 Å². The van der Waals surface area contributed by atoms with Gasteiger partial charge < -0.3 is 10.6 Å². The third-order valence-corrected chi connectivity index (χ3v) is 5.59. The molecule has 0 saturated carbocycles. The summed E-state index contributed by atoms with van der Waals surface area (Å²) in [4.78, 5) is 51.4. The average Bonchev–Trinajstić information content (AvgIpc) is 3.07. The number of carbonyl (C=O) groups excluding carboxylic acids is 4. The predicted octanol–water partition coefficient (Wildman–Crippen LogP) is 4.01. The quantitative estimate of drug-likeness (QED) is 0.526. The van der Waals surface area contributed by atoms with Crippen LogP contribution in [0.1, 0.15) is 56.0 Å². The largest absolute Gasteiger partial charge is 0.348 e. The second kappa shape index (κ2) is 9.70. The van der Waals surface area contributed by atoms with Crippen molar-refractivity contribution >= 4 is 29.3 Å². The molecule has 3 aromatic carbocycles. The van der Waals surface area contributed by atoms with Crippen molar-refractivity contribution in [3.63, 3.8) is 0 Å². The molecular formula is C27H25N3O4. The topological polar surface area (TPSA) is 95.6 Å². The van der Waals surface area contributed by atoms with Crippen LogP contribution < -0.4 is 10.6 Å². The van der Waals surface area contributed by atoms with Crippen molar-refractivity contribution in [2.75, 3.05) is 5.32 Å². The molecule has 3 aromatic rings. The van der Waals surface area contributed by atoms with E-state index in [1.54, 1.807) is 24.3 Å². The molecule has 1 heterocycles. The molecule has 0 bridgehead atoms. The van der Waals surface area contributed by atoms with Gasteiger partial charge in [-0.1, -0.05) is 56.3 Å². The van der Waals surface area contributed by atoms with Gasteiger partial charge in [0.25, 0.3) is 17.7 Å². The van der Waals surface area contributed by atoms with Crippen LogP contribution in [0.15, 0.2) is 72.8 Å². The van der Waals surface area contributed by atoms with Gasteiger partial charge in [-0.3, -0.25) is 24.1 Å². The number of nitrogens with zero attached hydrogens (tertiary/aromatic N) is 1. The lowest BCUT2D eigenvalue weighted by Crippen LogP contribution is -2.29. The number of hydrogen-bond donors (Lipinski definition) is 2. The highest BCUT2D eigenvalue weighted by atomic mass is 16.2. The van der Waals surface area contributed by atoms with Gasteiger partial charge in [0.15, 0.2) is 0 Å². The minimum Gasteiger partial charge on any atom is -0.348 e. The van der Waals surface area contributed by atoms with Crippen LogP contribution in [0.3, 0.4) is 0 Å². The number of imide groups is 1. The summed E-state index contributed by atoms with van der Waals surface area (Å²) in [5, 5.41) is 5.66. The van der Waals surface area contributed by atoms with Crippen LogP contribution in [0.4, 0.5) is 5.69 Å². The van der Waals surface area contributed by atoms with E-state index in [0.29, 0.717) is 16.8 Å². The van der Waals surface area contributed by atoms with E-state index in [1.807, 2.05) is 50.2 Å². The first-order valence-corrected chi connectivity index (χ1v) is 11.1. The maximum Gasteiger partial charge on any atom is 0.261 e. The first-order valence-electron chi connectivity index (χ1n) is 11.1. The Hall–Kier alpha value is -4.26. The van der Waals surface area contributed by atoms with Crippen LogP contribution in [0, 0.1) is 5.92 Å². The Kier molecular flexibility index (Phi) is 6.54. The van der Waals surface area contributed by atoms with Crippen LogP contribution >= 0.6 is 0 Å². The Balaban J connectivity index is 1.43. The van der Waals surface area contributed by atoms with Crippen LogP contribution in [-0.2, 0) is 17.9 Å². The SMILES string of the molecule is CC(C)C(=O)Nc1cccc(CNC(=O)c2ccc3c(c2)C(=O)N(Cc2ccccc2)C3=O)c1. The zero-order valence-electron chi connectivity index (χ0n) is 19.0. The van der Waals surface area contributed by atoms with E-state index in [-0.39, 0.29) is 42.3 Å². The highest BCUT2D eigenvalue weighted by Crippen LogP contribution is 2.26. The van der Waals surface area contributed by atoms with Crippen molar-refractivity contribution in [1.29, 1.82) is 0 Å². The van der Waals surface area contributed by atoms with Gasteiger partial charge in [0.2, 0.25) is 5.91 Å². The minimum atomic E-state index is -0.410. The van der Waals surface area contributed by atoms with E-state index in [9.17, 15) is 19.2 Å². The zero-order valence-corrected chi connectivity index (χ0v) is 19.0. The summed E-state index contributed by atoms with van der Waals surface area (Å²) in [6.45, 7) is 4.05. The van der Waals surface area contributed by atoms with Gasteiger partial charge >= 0.3 is 0 Å².